The Morgan fingerprint density at radius 1 is 1.09 bits per heavy atom. The number of rotatable bonds is 6. The Balaban J connectivity index is 1.88. The van der Waals surface area contributed by atoms with Gasteiger partial charge in [-0.05, 0) is 41.8 Å². The maximum atomic E-state index is 12.0. The lowest BCUT2D eigenvalue weighted by molar-refractivity contribution is 0.0954. The summed E-state index contributed by atoms with van der Waals surface area (Å²) in [7, 11) is -3.07. The first-order chi connectivity index (χ1) is 10.8. The van der Waals surface area contributed by atoms with Crippen LogP contribution in [0.5, 0.6) is 0 Å². The van der Waals surface area contributed by atoms with Gasteiger partial charge in [-0.25, -0.2) is 8.42 Å². The molecule has 0 unspecified atom stereocenters. The average Bonchev–Trinajstić information content (AvgIpc) is 2.46. The Morgan fingerprint density at radius 3 is 2.39 bits per heavy atom. The molecule has 2 rings (SSSR count). The summed E-state index contributed by atoms with van der Waals surface area (Å²) < 4.78 is 22.5. The molecule has 2 aromatic rings. The molecule has 0 aliphatic heterocycles. The molecule has 23 heavy (non-hydrogen) atoms. The molecule has 0 saturated heterocycles. The standard InChI is InChI=1S/C17H18ClNO3S/c1-23(21,22)12-14-5-7-15(8-6-14)17(20)19-10-9-13-3-2-4-16(18)11-13/h2-8,11H,9-10,12H2,1H3,(H,19,20). The zero-order valence-electron chi connectivity index (χ0n) is 12.8. The number of benzene rings is 2. The van der Waals surface area contributed by atoms with Crippen LogP contribution in [-0.2, 0) is 22.0 Å². The van der Waals surface area contributed by atoms with Crippen molar-refractivity contribution in [2.75, 3.05) is 12.8 Å². The summed E-state index contributed by atoms with van der Waals surface area (Å²) in [6.45, 7) is 0.504. The lowest BCUT2D eigenvalue weighted by atomic mass is 10.1. The molecule has 2 aromatic carbocycles. The van der Waals surface area contributed by atoms with Gasteiger partial charge in [0.25, 0.3) is 5.91 Å². The van der Waals surface area contributed by atoms with Crippen molar-refractivity contribution in [2.24, 2.45) is 0 Å². The molecule has 122 valence electrons. The van der Waals surface area contributed by atoms with Crippen molar-refractivity contribution in [1.82, 2.24) is 5.32 Å². The van der Waals surface area contributed by atoms with Crippen molar-refractivity contribution >= 4 is 27.3 Å². The highest BCUT2D eigenvalue weighted by Crippen LogP contribution is 2.11. The number of sulfone groups is 1. The average molecular weight is 352 g/mol. The third-order valence-corrected chi connectivity index (χ3v) is 4.33. The zero-order chi connectivity index (χ0) is 16.9. The van der Waals surface area contributed by atoms with E-state index in [9.17, 15) is 13.2 Å². The zero-order valence-corrected chi connectivity index (χ0v) is 14.3. The molecule has 0 aliphatic rings. The minimum atomic E-state index is -3.07. The van der Waals surface area contributed by atoms with Gasteiger partial charge in [-0.3, -0.25) is 4.79 Å². The number of hydrogen-bond donors (Lipinski definition) is 1. The lowest BCUT2D eigenvalue weighted by Crippen LogP contribution is -2.25. The van der Waals surface area contributed by atoms with Crippen molar-refractivity contribution < 1.29 is 13.2 Å². The largest absolute Gasteiger partial charge is 0.352 e. The molecular formula is C17H18ClNO3S. The number of carbonyl (C=O) groups excluding carboxylic acids is 1. The van der Waals surface area contributed by atoms with Crippen molar-refractivity contribution in [2.45, 2.75) is 12.2 Å². The van der Waals surface area contributed by atoms with E-state index in [1.165, 1.54) is 6.26 Å². The number of nitrogens with one attached hydrogen (secondary N) is 1. The first-order valence-electron chi connectivity index (χ1n) is 7.13. The van der Waals surface area contributed by atoms with Gasteiger partial charge in [0.15, 0.2) is 9.84 Å². The molecule has 0 saturated carbocycles. The Morgan fingerprint density at radius 2 is 1.78 bits per heavy atom. The van der Waals surface area contributed by atoms with Gasteiger partial charge >= 0.3 is 0 Å². The molecule has 0 fully saturated rings. The molecule has 6 heteroatoms. The first kappa shape index (κ1) is 17.5. The van der Waals surface area contributed by atoms with Gasteiger partial charge in [-0.1, -0.05) is 35.9 Å². The van der Waals surface area contributed by atoms with E-state index in [1.807, 2.05) is 24.3 Å². The highest BCUT2D eigenvalue weighted by molar-refractivity contribution is 7.89. The van der Waals surface area contributed by atoms with E-state index in [1.54, 1.807) is 24.3 Å². The van der Waals surface area contributed by atoms with Gasteiger partial charge in [0.1, 0.15) is 0 Å². The molecule has 0 spiro atoms. The topological polar surface area (TPSA) is 63.2 Å². The van der Waals surface area contributed by atoms with Crippen LogP contribution in [0.25, 0.3) is 0 Å². The highest BCUT2D eigenvalue weighted by atomic mass is 35.5. The number of hydrogen-bond acceptors (Lipinski definition) is 3. The Hall–Kier alpha value is -1.85. The normalized spacial score (nSPS) is 11.2. The van der Waals surface area contributed by atoms with Gasteiger partial charge in [0.05, 0.1) is 5.75 Å². The Bertz CT molecular complexity index is 786. The highest BCUT2D eigenvalue weighted by Gasteiger charge is 2.08. The van der Waals surface area contributed by atoms with Gasteiger partial charge in [0.2, 0.25) is 0 Å². The van der Waals surface area contributed by atoms with Crippen LogP contribution in [-0.4, -0.2) is 27.1 Å². The van der Waals surface area contributed by atoms with Gasteiger partial charge < -0.3 is 5.32 Å². The summed E-state index contributed by atoms with van der Waals surface area (Å²) in [5.74, 6) is -0.207. The quantitative estimate of drug-likeness (QED) is 0.870. The third-order valence-electron chi connectivity index (χ3n) is 3.23. The molecule has 0 bridgehead atoms. The van der Waals surface area contributed by atoms with Crippen molar-refractivity contribution in [3.8, 4) is 0 Å². The fraction of sp³-hybridized carbons (Fsp3) is 0.235. The molecule has 0 heterocycles. The smallest absolute Gasteiger partial charge is 0.251 e. The predicted octanol–water partition coefficient (Wildman–Crippen LogP) is 2.86. The third kappa shape index (κ3) is 6.04. The summed E-state index contributed by atoms with van der Waals surface area (Å²) in [6, 6.07) is 14.1. The molecule has 1 amide bonds. The first-order valence-corrected chi connectivity index (χ1v) is 9.57. The van der Waals surface area contributed by atoms with Crippen molar-refractivity contribution in [3.63, 3.8) is 0 Å². The van der Waals surface area contributed by atoms with E-state index in [2.05, 4.69) is 5.32 Å². The van der Waals surface area contributed by atoms with E-state index in [0.29, 0.717) is 29.1 Å². The van der Waals surface area contributed by atoms with Gasteiger partial charge in [0, 0.05) is 23.4 Å². The second kappa shape index (κ2) is 7.62. The van der Waals surface area contributed by atoms with Crippen LogP contribution in [0.4, 0.5) is 0 Å². The molecule has 1 N–H and O–H groups in total. The molecule has 0 radical (unpaired) electrons. The predicted molar refractivity (Wildman–Crippen MR) is 92.5 cm³/mol. The van der Waals surface area contributed by atoms with Crippen LogP contribution < -0.4 is 5.32 Å². The minimum absolute atomic E-state index is 0.0241. The minimum Gasteiger partial charge on any atom is -0.352 e. The van der Waals surface area contributed by atoms with E-state index in [0.717, 1.165) is 5.56 Å². The molecule has 4 nitrogen and oxygen atoms in total. The van der Waals surface area contributed by atoms with Crippen LogP contribution in [0, 0.1) is 0 Å². The van der Waals surface area contributed by atoms with E-state index < -0.39 is 9.84 Å². The molecular weight excluding hydrogens is 334 g/mol. The second-order valence-corrected chi connectivity index (χ2v) is 7.98. The summed E-state index contributed by atoms with van der Waals surface area (Å²) >= 11 is 5.91. The van der Waals surface area contributed by atoms with E-state index >= 15 is 0 Å². The maximum absolute atomic E-state index is 12.0. The number of amides is 1. The van der Waals surface area contributed by atoms with Crippen LogP contribution in [0.3, 0.4) is 0 Å². The molecule has 0 atom stereocenters. The number of halogens is 1. The van der Waals surface area contributed by atoms with Crippen LogP contribution in [0.15, 0.2) is 48.5 Å². The summed E-state index contributed by atoms with van der Waals surface area (Å²) in [5.41, 5.74) is 2.23. The monoisotopic (exact) mass is 351 g/mol. The second-order valence-electron chi connectivity index (χ2n) is 5.40. The van der Waals surface area contributed by atoms with Crippen molar-refractivity contribution in [1.29, 1.82) is 0 Å². The molecule has 0 aromatic heterocycles. The Labute approximate surface area is 141 Å². The number of carbonyl (C=O) groups is 1. The van der Waals surface area contributed by atoms with Gasteiger partial charge in [-0.15, -0.1) is 0 Å². The van der Waals surface area contributed by atoms with Crippen LogP contribution >= 0.6 is 11.6 Å². The Kier molecular flexibility index (Phi) is 5.80. The van der Waals surface area contributed by atoms with Gasteiger partial charge in [-0.2, -0.15) is 0 Å². The van der Waals surface area contributed by atoms with Crippen molar-refractivity contribution in [3.05, 3.63) is 70.2 Å². The lowest BCUT2D eigenvalue weighted by Gasteiger charge is -2.07. The summed E-state index contributed by atoms with van der Waals surface area (Å²) in [5, 5.41) is 3.51. The fourth-order valence-corrected chi connectivity index (χ4v) is 3.18. The molecule has 0 aliphatic carbocycles. The van der Waals surface area contributed by atoms with Crippen LogP contribution in [0.1, 0.15) is 21.5 Å². The van der Waals surface area contributed by atoms with E-state index in [4.69, 9.17) is 11.6 Å². The van der Waals surface area contributed by atoms with E-state index in [-0.39, 0.29) is 11.7 Å². The fourth-order valence-electron chi connectivity index (χ4n) is 2.17. The van der Waals surface area contributed by atoms with Crippen LogP contribution in [0.2, 0.25) is 5.02 Å². The summed E-state index contributed by atoms with van der Waals surface area (Å²) in [6.07, 6.45) is 1.88. The summed E-state index contributed by atoms with van der Waals surface area (Å²) in [4.78, 5) is 12.0. The maximum Gasteiger partial charge on any atom is 0.251 e. The SMILES string of the molecule is CS(=O)(=O)Cc1ccc(C(=O)NCCc2cccc(Cl)c2)cc1.